The molecule has 0 bridgehead atoms. The van der Waals surface area contributed by atoms with E-state index >= 15 is 0 Å². The van der Waals surface area contributed by atoms with Gasteiger partial charge in [-0.25, -0.2) is 4.39 Å². The number of nitrogens with one attached hydrogen (secondary N) is 1. The van der Waals surface area contributed by atoms with Gasteiger partial charge in [-0.1, -0.05) is 17.7 Å². The summed E-state index contributed by atoms with van der Waals surface area (Å²) in [6, 6.07) is 5.23. The van der Waals surface area contributed by atoms with E-state index in [1.807, 2.05) is 13.0 Å². The molecule has 20 heavy (non-hydrogen) atoms. The lowest BCUT2D eigenvalue weighted by molar-refractivity contribution is 0.0821. The highest BCUT2D eigenvalue weighted by molar-refractivity contribution is 5.23. The number of benzene rings is 1. The van der Waals surface area contributed by atoms with E-state index in [4.69, 9.17) is 0 Å². The molecule has 1 aliphatic heterocycles. The molecule has 1 aromatic rings. The van der Waals surface area contributed by atoms with Crippen molar-refractivity contribution in [1.29, 1.82) is 0 Å². The van der Waals surface area contributed by atoms with Crippen LogP contribution in [-0.2, 0) is 6.54 Å². The zero-order chi connectivity index (χ0) is 14.4. The second kappa shape index (κ2) is 7.72. The summed E-state index contributed by atoms with van der Waals surface area (Å²) in [4.78, 5) is 2.39. The Hall–Kier alpha value is -0.970. The lowest BCUT2D eigenvalue weighted by Crippen LogP contribution is -2.37. The Balaban J connectivity index is 1.61. The number of aliphatic hydroxyl groups excluding tert-OH is 1. The summed E-state index contributed by atoms with van der Waals surface area (Å²) in [5.74, 6) is -0.131. The van der Waals surface area contributed by atoms with E-state index in [1.165, 1.54) is 6.07 Å². The van der Waals surface area contributed by atoms with Crippen molar-refractivity contribution in [3.8, 4) is 0 Å². The fourth-order valence-electron chi connectivity index (χ4n) is 2.63. The molecule has 0 unspecified atom stereocenters. The van der Waals surface area contributed by atoms with Crippen LogP contribution in [0.4, 0.5) is 4.39 Å². The molecule has 112 valence electrons. The van der Waals surface area contributed by atoms with Gasteiger partial charge in [0.05, 0.1) is 6.10 Å². The SMILES string of the molecule is Cc1ccc(F)c(CNCCCN2CCC(O)CC2)c1. The topological polar surface area (TPSA) is 35.5 Å². The number of piperidine rings is 1. The van der Waals surface area contributed by atoms with Crippen LogP contribution in [0, 0.1) is 12.7 Å². The molecule has 3 nitrogen and oxygen atoms in total. The van der Waals surface area contributed by atoms with Crippen molar-refractivity contribution in [2.75, 3.05) is 26.2 Å². The van der Waals surface area contributed by atoms with E-state index in [9.17, 15) is 9.50 Å². The van der Waals surface area contributed by atoms with Gasteiger partial charge >= 0.3 is 0 Å². The van der Waals surface area contributed by atoms with E-state index in [0.29, 0.717) is 6.54 Å². The second-order valence-corrected chi connectivity index (χ2v) is 5.70. The van der Waals surface area contributed by atoms with Crippen molar-refractivity contribution in [3.63, 3.8) is 0 Å². The average molecular weight is 280 g/mol. The molecule has 0 saturated carbocycles. The Morgan fingerprint density at radius 2 is 2.10 bits per heavy atom. The minimum atomic E-state index is -0.131. The number of halogens is 1. The number of hydrogen-bond donors (Lipinski definition) is 2. The summed E-state index contributed by atoms with van der Waals surface area (Å²) in [5, 5.41) is 12.7. The minimum absolute atomic E-state index is 0.103. The van der Waals surface area contributed by atoms with Gasteiger partial charge in [-0.3, -0.25) is 0 Å². The molecule has 0 spiro atoms. The standard InChI is InChI=1S/C16H25FN2O/c1-13-3-4-16(17)14(11-13)12-18-7-2-8-19-9-5-15(20)6-10-19/h3-4,11,15,18,20H,2,5-10,12H2,1H3. The van der Waals surface area contributed by atoms with Crippen molar-refractivity contribution >= 4 is 0 Å². The van der Waals surface area contributed by atoms with Gasteiger partial charge in [0.2, 0.25) is 0 Å². The number of nitrogens with zero attached hydrogens (tertiary/aromatic N) is 1. The Labute approximate surface area is 120 Å². The monoisotopic (exact) mass is 280 g/mol. The predicted molar refractivity (Wildman–Crippen MR) is 79.1 cm³/mol. The van der Waals surface area contributed by atoms with E-state index in [-0.39, 0.29) is 11.9 Å². The van der Waals surface area contributed by atoms with Crippen molar-refractivity contribution in [1.82, 2.24) is 10.2 Å². The van der Waals surface area contributed by atoms with E-state index in [0.717, 1.165) is 56.6 Å². The van der Waals surface area contributed by atoms with Crippen molar-refractivity contribution in [2.24, 2.45) is 0 Å². The Kier molecular flexibility index (Phi) is 5.95. The third-order valence-electron chi connectivity index (χ3n) is 3.90. The van der Waals surface area contributed by atoms with Crippen LogP contribution in [0.3, 0.4) is 0 Å². The number of aliphatic hydroxyl groups is 1. The molecule has 4 heteroatoms. The van der Waals surface area contributed by atoms with E-state index < -0.39 is 0 Å². The molecule has 2 N–H and O–H groups in total. The third-order valence-corrected chi connectivity index (χ3v) is 3.90. The summed E-state index contributed by atoms with van der Waals surface area (Å²) in [5.41, 5.74) is 1.83. The lowest BCUT2D eigenvalue weighted by atomic mass is 10.1. The molecule has 2 rings (SSSR count). The van der Waals surface area contributed by atoms with E-state index in [2.05, 4.69) is 10.2 Å². The minimum Gasteiger partial charge on any atom is -0.393 e. The highest BCUT2D eigenvalue weighted by Gasteiger charge is 2.15. The number of rotatable bonds is 6. The maximum Gasteiger partial charge on any atom is 0.127 e. The fraction of sp³-hybridized carbons (Fsp3) is 0.625. The van der Waals surface area contributed by atoms with Crippen molar-refractivity contribution < 1.29 is 9.50 Å². The highest BCUT2D eigenvalue weighted by atomic mass is 19.1. The maximum atomic E-state index is 13.5. The largest absolute Gasteiger partial charge is 0.393 e. The summed E-state index contributed by atoms with van der Waals surface area (Å²) >= 11 is 0. The molecule has 0 radical (unpaired) electrons. The second-order valence-electron chi connectivity index (χ2n) is 5.70. The van der Waals surface area contributed by atoms with Crippen LogP contribution in [0.2, 0.25) is 0 Å². The van der Waals surface area contributed by atoms with E-state index in [1.54, 1.807) is 6.07 Å². The summed E-state index contributed by atoms with van der Waals surface area (Å²) in [6.45, 7) is 6.50. The number of hydrogen-bond acceptors (Lipinski definition) is 3. The Morgan fingerprint density at radius 1 is 1.35 bits per heavy atom. The molecule has 0 atom stereocenters. The van der Waals surface area contributed by atoms with Crippen molar-refractivity contribution in [2.45, 2.75) is 38.8 Å². The maximum absolute atomic E-state index is 13.5. The summed E-state index contributed by atoms with van der Waals surface area (Å²) in [6.07, 6.45) is 2.74. The molecule has 0 amide bonds. The molecule has 0 aromatic heterocycles. The zero-order valence-electron chi connectivity index (χ0n) is 12.2. The predicted octanol–water partition coefficient (Wildman–Crippen LogP) is 2.07. The van der Waals surface area contributed by atoms with Gasteiger partial charge in [-0.2, -0.15) is 0 Å². The zero-order valence-corrected chi connectivity index (χ0v) is 12.2. The fourth-order valence-corrected chi connectivity index (χ4v) is 2.63. The third kappa shape index (κ3) is 4.85. The van der Waals surface area contributed by atoms with Gasteiger partial charge in [0, 0.05) is 25.2 Å². The van der Waals surface area contributed by atoms with Crippen molar-refractivity contribution in [3.05, 3.63) is 35.1 Å². The van der Waals surface area contributed by atoms with Crippen LogP contribution in [-0.4, -0.2) is 42.3 Å². The van der Waals surface area contributed by atoms with Gasteiger partial charge in [-0.05, 0) is 45.3 Å². The molecule has 1 heterocycles. The first-order valence-corrected chi connectivity index (χ1v) is 7.51. The molecular formula is C16H25FN2O. The first-order chi connectivity index (χ1) is 9.65. The molecule has 0 aliphatic carbocycles. The first kappa shape index (κ1) is 15.4. The van der Waals surface area contributed by atoms with Crippen LogP contribution in [0.5, 0.6) is 0 Å². The Bertz CT molecular complexity index is 417. The molecular weight excluding hydrogens is 255 g/mol. The Morgan fingerprint density at radius 3 is 2.85 bits per heavy atom. The van der Waals surface area contributed by atoms with Gasteiger partial charge < -0.3 is 15.3 Å². The smallest absolute Gasteiger partial charge is 0.127 e. The summed E-state index contributed by atoms with van der Waals surface area (Å²) in [7, 11) is 0. The normalized spacial score (nSPS) is 17.6. The highest BCUT2D eigenvalue weighted by Crippen LogP contribution is 2.11. The molecule has 1 saturated heterocycles. The first-order valence-electron chi connectivity index (χ1n) is 7.51. The van der Waals surface area contributed by atoms with Gasteiger partial charge in [0.25, 0.3) is 0 Å². The van der Waals surface area contributed by atoms with Crippen LogP contribution in [0.15, 0.2) is 18.2 Å². The molecule has 1 fully saturated rings. The number of likely N-dealkylation sites (tertiary alicyclic amines) is 1. The summed E-state index contributed by atoms with van der Waals surface area (Å²) < 4.78 is 13.5. The van der Waals surface area contributed by atoms with Gasteiger partial charge in [-0.15, -0.1) is 0 Å². The molecule has 1 aromatic carbocycles. The molecule has 1 aliphatic rings. The van der Waals surface area contributed by atoms with Crippen LogP contribution in [0.25, 0.3) is 0 Å². The van der Waals surface area contributed by atoms with Gasteiger partial charge in [0.1, 0.15) is 5.82 Å². The quantitative estimate of drug-likeness (QED) is 0.783. The lowest BCUT2D eigenvalue weighted by Gasteiger charge is -2.29. The van der Waals surface area contributed by atoms with Crippen LogP contribution < -0.4 is 5.32 Å². The number of aryl methyl sites for hydroxylation is 1. The van der Waals surface area contributed by atoms with Crippen LogP contribution >= 0.6 is 0 Å². The average Bonchev–Trinajstić information content (AvgIpc) is 2.44. The van der Waals surface area contributed by atoms with Crippen LogP contribution in [0.1, 0.15) is 30.4 Å². The van der Waals surface area contributed by atoms with Gasteiger partial charge in [0.15, 0.2) is 0 Å².